The van der Waals surface area contributed by atoms with Crippen LogP contribution in [-0.2, 0) is 12.5 Å². The second-order valence-corrected chi connectivity index (χ2v) is 8.77. The average Bonchev–Trinajstić information content (AvgIpc) is 3.08. The van der Waals surface area contributed by atoms with E-state index in [2.05, 4.69) is 87.8 Å². The highest BCUT2D eigenvalue weighted by Gasteiger charge is 2.32. The number of nitrogens with zero attached hydrogens (tertiary/aromatic N) is 2. The maximum atomic E-state index is 5.75. The highest BCUT2D eigenvalue weighted by atomic mass is 16.3. The molecule has 0 atom stereocenters. The molecule has 0 amide bonds. The van der Waals surface area contributed by atoms with Gasteiger partial charge in [0.05, 0.1) is 28.6 Å². The molecule has 0 saturated heterocycles. The van der Waals surface area contributed by atoms with E-state index in [1.807, 2.05) is 0 Å². The maximum Gasteiger partial charge on any atom is 0.224 e. The highest BCUT2D eigenvalue weighted by Crippen LogP contribution is 2.49. The summed E-state index contributed by atoms with van der Waals surface area (Å²) in [6.45, 7) is 9.03. The van der Waals surface area contributed by atoms with Crippen molar-refractivity contribution >= 4 is 33.1 Å². The van der Waals surface area contributed by atoms with Crippen LogP contribution in [0.1, 0.15) is 31.9 Å². The molecule has 2 aromatic heterocycles. The molecule has 0 unspecified atom stereocenters. The molecular formula is C24H25N2O+. The van der Waals surface area contributed by atoms with E-state index in [1.54, 1.807) is 6.26 Å². The predicted molar refractivity (Wildman–Crippen MR) is 112 cm³/mol. The fraction of sp³-hybridized carbons (Fsp3) is 0.292. The number of rotatable bonds is 0. The van der Waals surface area contributed by atoms with Gasteiger partial charge in [0.25, 0.3) is 0 Å². The molecule has 0 radical (unpaired) electrons. The zero-order valence-corrected chi connectivity index (χ0v) is 16.8. The average molecular weight is 357 g/mol. The number of anilines is 2. The van der Waals surface area contributed by atoms with Crippen LogP contribution in [-0.4, -0.2) is 7.05 Å². The minimum absolute atomic E-state index is 0.102. The summed E-state index contributed by atoms with van der Waals surface area (Å²) in [4.78, 5) is 2.33. The molecule has 0 N–H and O–H groups in total. The molecule has 3 heterocycles. The lowest BCUT2D eigenvalue weighted by molar-refractivity contribution is -0.659. The SMILES string of the molecule is Cc1c2c(cc3occc13)N(C)c1cc(C(C)(C)C)cc3cc[n+](C)c-2c13. The summed E-state index contributed by atoms with van der Waals surface area (Å²) < 4.78 is 8.01. The van der Waals surface area contributed by atoms with Crippen molar-refractivity contribution in [2.24, 2.45) is 7.05 Å². The van der Waals surface area contributed by atoms with E-state index in [1.165, 1.54) is 49.9 Å². The van der Waals surface area contributed by atoms with E-state index in [0.717, 1.165) is 5.58 Å². The van der Waals surface area contributed by atoms with E-state index in [9.17, 15) is 0 Å². The van der Waals surface area contributed by atoms with Gasteiger partial charge >= 0.3 is 0 Å². The number of pyridine rings is 1. The summed E-state index contributed by atoms with van der Waals surface area (Å²) in [5.41, 5.74) is 8.74. The van der Waals surface area contributed by atoms with Gasteiger partial charge in [0.1, 0.15) is 12.6 Å². The molecule has 0 aliphatic carbocycles. The first-order valence-electron chi connectivity index (χ1n) is 9.49. The van der Waals surface area contributed by atoms with Crippen molar-refractivity contribution in [3.8, 4) is 11.3 Å². The van der Waals surface area contributed by atoms with Crippen LogP contribution in [0.4, 0.5) is 11.4 Å². The van der Waals surface area contributed by atoms with Gasteiger partial charge in [0.15, 0.2) is 6.20 Å². The molecule has 27 heavy (non-hydrogen) atoms. The molecule has 0 fully saturated rings. The number of fused-ring (bicyclic) bond motifs is 3. The van der Waals surface area contributed by atoms with Crippen LogP contribution in [0, 0.1) is 6.92 Å². The van der Waals surface area contributed by atoms with E-state index >= 15 is 0 Å². The van der Waals surface area contributed by atoms with Crippen molar-refractivity contribution in [1.82, 2.24) is 0 Å². The first kappa shape index (κ1) is 16.4. The number of aryl methyl sites for hydroxylation is 2. The van der Waals surface area contributed by atoms with Gasteiger partial charge < -0.3 is 9.32 Å². The number of hydrogen-bond donors (Lipinski definition) is 0. The second kappa shape index (κ2) is 5.13. The third-order valence-electron chi connectivity index (χ3n) is 6.04. The molecule has 5 rings (SSSR count). The Morgan fingerprint density at radius 2 is 1.81 bits per heavy atom. The molecule has 0 spiro atoms. The van der Waals surface area contributed by atoms with Gasteiger partial charge in [0.2, 0.25) is 5.69 Å². The van der Waals surface area contributed by atoms with Crippen molar-refractivity contribution < 1.29 is 8.98 Å². The Morgan fingerprint density at radius 3 is 2.56 bits per heavy atom. The molecule has 3 nitrogen and oxygen atoms in total. The van der Waals surface area contributed by atoms with Crippen LogP contribution >= 0.6 is 0 Å². The monoisotopic (exact) mass is 357 g/mol. The van der Waals surface area contributed by atoms with Gasteiger partial charge in [-0.15, -0.1) is 0 Å². The van der Waals surface area contributed by atoms with Crippen molar-refractivity contribution in [3.05, 3.63) is 53.9 Å². The fourth-order valence-electron chi connectivity index (χ4n) is 4.44. The van der Waals surface area contributed by atoms with Gasteiger partial charge in [-0.1, -0.05) is 20.8 Å². The second-order valence-electron chi connectivity index (χ2n) is 8.77. The largest absolute Gasteiger partial charge is 0.464 e. The number of hydrogen-bond acceptors (Lipinski definition) is 2. The third-order valence-corrected chi connectivity index (χ3v) is 6.04. The summed E-state index contributed by atoms with van der Waals surface area (Å²) in [6, 6.07) is 11.2. The quantitative estimate of drug-likeness (QED) is 0.373. The van der Waals surface area contributed by atoms with Crippen molar-refractivity contribution in [2.75, 3.05) is 11.9 Å². The summed E-state index contributed by atoms with van der Waals surface area (Å²) in [7, 11) is 4.31. The summed E-state index contributed by atoms with van der Waals surface area (Å²) in [6.07, 6.45) is 3.97. The Hall–Kier alpha value is -2.81. The van der Waals surface area contributed by atoms with Gasteiger partial charge in [0, 0.05) is 24.6 Å². The van der Waals surface area contributed by atoms with Crippen LogP contribution in [0.15, 0.2) is 47.2 Å². The third kappa shape index (κ3) is 2.11. The zero-order chi connectivity index (χ0) is 19.1. The van der Waals surface area contributed by atoms with Crippen molar-refractivity contribution in [1.29, 1.82) is 0 Å². The lowest BCUT2D eigenvalue weighted by Crippen LogP contribution is -2.33. The van der Waals surface area contributed by atoms with Crippen LogP contribution in [0.25, 0.3) is 33.0 Å². The molecule has 3 heteroatoms. The fourth-order valence-corrected chi connectivity index (χ4v) is 4.44. The number of aromatic nitrogens is 1. The van der Waals surface area contributed by atoms with Gasteiger partial charge in [-0.3, -0.25) is 0 Å². The number of benzene rings is 2. The van der Waals surface area contributed by atoms with E-state index in [-0.39, 0.29) is 5.41 Å². The summed E-state index contributed by atoms with van der Waals surface area (Å²) >= 11 is 0. The van der Waals surface area contributed by atoms with Gasteiger partial charge in [-0.05, 0) is 47.1 Å². The minimum Gasteiger partial charge on any atom is -0.464 e. The lowest BCUT2D eigenvalue weighted by Gasteiger charge is -2.31. The topological polar surface area (TPSA) is 20.3 Å². The maximum absolute atomic E-state index is 5.75. The minimum atomic E-state index is 0.102. The Balaban J connectivity index is 1.99. The predicted octanol–water partition coefficient (Wildman–Crippen LogP) is 5.76. The molecular weight excluding hydrogens is 332 g/mol. The van der Waals surface area contributed by atoms with E-state index in [0.29, 0.717) is 0 Å². The normalized spacial score (nSPS) is 13.5. The summed E-state index contributed by atoms with van der Waals surface area (Å²) in [5, 5.41) is 3.82. The zero-order valence-electron chi connectivity index (χ0n) is 16.8. The standard InChI is InChI=1S/C24H25N2O/c1-14-17-8-10-27-20(17)13-19-21(14)23-22-15(7-9-25(23)5)11-16(24(2,3)4)12-18(22)26(19)6/h7-13H,1-6H3/q+1. The van der Waals surface area contributed by atoms with E-state index in [4.69, 9.17) is 4.42 Å². The van der Waals surface area contributed by atoms with Gasteiger partial charge in [-0.2, -0.15) is 0 Å². The molecule has 2 aromatic carbocycles. The van der Waals surface area contributed by atoms with Gasteiger partial charge in [-0.25, -0.2) is 4.57 Å². The molecule has 1 aliphatic heterocycles. The Bertz CT molecular complexity index is 1240. The van der Waals surface area contributed by atoms with Crippen LogP contribution in [0.5, 0.6) is 0 Å². The smallest absolute Gasteiger partial charge is 0.224 e. The first-order valence-corrected chi connectivity index (χ1v) is 9.49. The Morgan fingerprint density at radius 1 is 1.04 bits per heavy atom. The van der Waals surface area contributed by atoms with Crippen molar-refractivity contribution in [3.63, 3.8) is 0 Å². The lowest BCUT2D eigenvalue weighted by atomic mass is 9.83. The van der Waals surface area contributed by atoms with Crippen LogP contribution in [0.2, 0.25) is 0 Å². The highest BCUT2D eigenvalue weighted by molar-refractivity contribution is 6.12. The molecule has 136 valence electrons. The number of furan rings is 1. The van der Waals surface area contributed by atoms with E-state index < -0.39 is 0 Å². The molecule has 0 saturated carbocycles. The Kier molecular flexibility index (Phi) is 3.11. The molecule has 1 aliphatic rings. The summed E-state index contributed by atoms with van der Waals surface area (Å²) in [5.74, 6) is 0. The Labute approximate surface area is 159 Å². The van der Waals surface area contributed by atoms with Crippen LogP contribution < -0.4 is 9.47 Å². The van der Waals surface area contributed by atoms with Crippen LogP contribution in [0.3, 0.4) is 0 Å². The van der Waals surface area contributed by atoms with Crippen molar-refractivity contribution in [2.45, 2.75) is 33.1 Å². The first-order chi connectivity index (χ1) is 12.8. The molecule has 4 aromatic rings. The molecule has 0 bridgehead atoms.